The zero-order chi connectivity index (χ0) is 20.4. The van der Waals surface area contributed by atoms with E-state index in [1.54, 1.807) is 6.92 Å². The highest BCUT2D eigenvalue weighted by Gasteiger charge is 2.36. The highest BCUT2D eigenvalue weighted by molar-refractivity contribution is 6.82. The molecular formula is C17H38O6Si3. The third-order valence-corrected chi connectivity index (χ3v) is 10.6. The number of carbonyl (C=O) groups is 1. The Morgan fingerprint density at radius 3 is 2.31 bits per heavy atom. The van der Waals surface area contributed by atoms with Gasteiger partial charge in [-0.05, 0) is 45.6 Å². The van der Waals surface area contributed by atoms with Crippen molar-refractivity contribution < 1.29 is 27.9 Å². The lowest BCUT2D eigenvalue weighted by molar-refractivity contribution is -0.143. The largest absolute Gasteiger partial charge is 0.460 e. The average Bonchev–Trinajstić information content (AvgIpc) is 2.48. The summed E-state index contributed by atoms with van der Waals surface area (Å²) >= 11 is 0. The molecule has 0 aliphatic heterocycles. The quantitative estimate of drug-likeness (QED) is 0.201. The van der Waals surface area contributed by atoms with E-state index in [0.29, 0.717) is 12.2 Å². The summed E-state index contributed by atoms with van der Waals surface area (Å²) in [6, 6.07) is 0.874. The highest BCUT2D eigenvalue weighted by Crippen LogP contribution is 2.21. The fourth-order valence-electron chi connectivity index (χ4n) is 2.20. The van der Waals surface area contributed by atoms with Gasteiger partial charge in [0, 0.05) is 18.4 Å². The van der Waals surface area contributed by atoms with E-state index in [2.05, 4.69) is 45.9 Å². The summed E-state index contributed by atoms with van der Waals surface area (Å²) in [5.41, 5.74) is 0.314. The molecule has 0 bridgehead atoms. The van der Waals surface area contributed by atoms with Gasteiger partial charge in [0.1, 0.15) is 12.7 Å². The first kappa shape index (κ1) is 25.7. The Bertz CT molecular complexity index is 439. The van der Waals surface area contributed by atoms with Crippen molar-refractivity contribution in [1.82, 2.24) is 0 Å². The molecule has 0 spiro atoms. The van der Waals surface area contributed by atoms with Crippen molar-refractivity contribution >= 4 is 31.6 Å². The van der Waals surface area contributed by atoms with Crippen molar-refractivity contribution in [2.24, 2.45) is 0 Å². The first-order chi connectivity index (χ1) is 11.8. The second-order valence-corrected chi connectivity index (χ2v) is 19.5. The number of aliphatic hydroxyl groups excluding tert-OH is 1. The molecule has 0 aromatic carbocycles. The molecule has 0 fully saturated rings. The van der Waals surface area contributed by atoms with Crippen molar-refractivity contribution in [2.45, 2.75) is 64.8 Å². The fourth-order valence-corrected chi connectivity index (χ4v) is 11.7. The molecule has 0 aromatic heterocycles. The molecule has 0 amide bonds. The molecular weight excluding hydrogens is 384 g/mol. The molecule has 0 aliphatic carbocycles. The maximum atomic E-state index is 11.3. The fraction of sp³-hybridized carbons (Fsp3) is 0.824. The number of hydrogen-bond donors (Lipinski definition) is 1. The molecule has 0 saturated heterocycles. The second kappa shape index (κ2) is 12.2. The molecule has 0 aliphatic rings. The summed E-state index contributed by atoms with van der Waals surface area (Å²) in [5, 5.41) is 9.77. The van der Waals surface area contributed by atoms with E-state index in [4.69, 9.17) is 18.0 Å². The topological polar surface area (TPSA) is 74.2 Å². The average molecular weight is 423 g/mol. The third kappa shape index (κ3) is 13.8. The normalized spacial score (nSPS) is 15.6. The van der Waals surface area contributed by atoms with Crippen LogP contribution in [0.3, 0.4) is 0 Å². The van der Waals surface area contributed by atoms with Crippen LogP contribution in [0.2, 0.25) is 45.3 Å². The molecule has 1 N–H and O–H groups in total. The lowest BCUT2D eigenvalue weighted by Gasteiger charge is -2.34. The van der Waals surface area contributed by atoms with Gasteiger partial charge in [-0.15, -0.1) is 0 Å². The molecule has 0 saturated carbocycles. The third-order valence-electron chi connectivity index (χ3n) is 3.23. The van der Waals surface area contributed by atoms with Gasteiger partial charge in [0.15, 0.2) is 8.32 Å². The summed E-state index contributed by atoms with van der Waals surface area (Å²) in [4.78, 5) is 11.3. The number of esters is 1. The molecule has 9 heteroatoms. The molecule has 0 aromatic rings. The zero-order valence-corrected chi connectivity index (χ0v) is 20.7. The van der Waals surface area contributed by atoms with E-state index in [1.165, 1.54) is 0 Å². The lowest BCUT2D eigenvalue weighted by atomic mass is 10.3. The predicted octanol–water partition coefficient (Wildman–Crippen LogP) is 2.84. The summed E-state index contributed by atoms with van der Waals surface area (Å²) in [6.45, 7) is 18.9. The lowest BCUT2D eigenvalue weighted by Crippen LogP contribution is -2.48. The van der Waals surface area contributed by atoms with Crippen LogP contribution in [-0.2, 0) is 22.8 Å². The SMILES string of the molecule is C=C(C)C(=O)OCC(O)COCCC[Si](C)(OC[SiH](C)C)O[Si](C)(C)C. The Hall–Kier alpha value is -0.299. The van der Waals surface area contributed by atoms with Crippen LogP contribution in [0, 0.1) is 0 Å². The van der Waals surface area contributed by atoms with Gasteiger partial charge in [0.25, 0.3) is 0 Å². The van der Waals surface area contributed by atoms with Gasteiger partial charge >= 0.3 is 14.5 Å². The number of aliphatic hydroxyl groups is 1. The number of hydrogen-bond acceptors (Lipinski definition) is 6. The Labute approximate surface area is 162 Å². The summed E-state index contributed by atoms with van der Waals surface area (Å²) in [6.07, 6.45) is 0.842. The van der Waals surface area contributed by atoms with Crippen molar-refractivity contribution in [3.63, 3.8) is 0 Å². The van der Waals surface area contributed by atoms with Gasteiger partial charge in [-0.2, -0.15) is 0 Å². The molecule has 26 heavy (non-hydrogen) atoms. The Kier molecular flexibility index (Phi) is 12.1. The van der Waals surface area contributed by atoms with Gasteiger partial charge < -0.3 is 23.1 Å². The Morgan fingerprint density at radius 2 is 1.81 bits per heavy atom. The maximum absolute atomic E-state index is 11.3. The van der Waals surface area contributed by atoms with E-state index in [-0.39, 0.29) is 13.2 Å². The van der Waals surface area contributed by atoms with E-state index in [1.807, 2.05) is 0 Å². The zero-order valence-electron chi connectivity index (χ0n) is 17.6. The standard InChI is InChI=1S/C17H38O6Si3/c1-15(2)17(19)21-13-16(18)12-20-10-9-11-26(8,22-14-24(3)4)23-25(5,6)7/h16,18,24H,1,9-14H2,2-8H3. The monoisotopic (exact) mass is 422 g/mol. The first-order valence-corrected chi connectivity index (χ1v) is 18.3. The molecule has 0 radical (unpaired) electrons. The number of rotatable bonds is 14. The van der Waals surface area contributed by atoms with Gasteiger partial charge in [-0.25, -0.2) is 4.79 Å². The molecule has 2 unspecified atom stereocenters. The molecule has 2 atom stereocenters. The Balaban J connectivity index is 4.17. The van der Waals surface area contributed by atoms with Crippen LogP contribution < -0.4 is 0 Å². The van der Waals surface area contributed by atoms with E-state index < -0.39 is 37.7 Å². The molecule has 0 rings (SSSR count). The smallest absolute Gasteiger partial charge is 0.333 e. The van der Waals surface area contributed by atoms with E-state index in [0.717, 1.165) is 18.7 Å². The highest BCUT2D eigenvalue weighted by atomic mass is 28.4. The minimum Gasteiger partial charge on any atom is -0.460 e. The van der Waals surface area contributed by atoms with Crippen LogP contribution in [-0.4, -0.2) is 68.9 Å². The van der Waals surface area contributed by atoms with Crippen molar-refractivity contribution in [3.05, 3.63) is 12.2 Å². The van der Waals surface area contributed by atoms with Crippen LogP contribution in [0.25, 0.3) is 0 Å². The van der Waals surface area contributed by atoms with Crippen molar-refractivity contribution in [3.8, 4) is 0 Å². The first-order valence-electron chi connectivity index (χ1n) is 9.27. The number of carbonyl (C=O) groups excluding carboxylic acids is 1. The van der Waals surface area contributed by atoms with Crippen molar-refractivity contribution in [2.75, 3.05) is 26.1 Å². The van der Waals surface area contributed by atoms with Gasteiger partial charge in [-0.1, -0.05) is 19.7 Å². The summed E-state index contributed by atoms with van der Waals surface area (Å²) in [5.74, 6) is -0.500. The maximum Gasteiger partial charge on any atom is 0.333 e. The van der Waals surface area contributed by atoms with Gasteiger partial charge in [0.2, 0.25) is 0 Å². The number of ether oxygens (including phenoxy) is 2. The molecule has 0 heterocycles. The minimum absolute atomic E-state index is 0.0843. The van der Waals surface area contributed by atoms with Crippen LogP contribution in [0.1, 0.15) is 13.3 Å². The van der Waals surface area contributed by atoms with Crippen LogP contribution in [0.4, 0.5) is 0 Å². The van der Waals surface area contributed by atoms with Crippen LogP contribution in [0.15, 0.2) is 12.2 Å². The second-order valence-electron chi connectivity index (χ2n) is 8.26. The minimum atomic E-state index is -2.19. The van der Waals surface area contributed by atoms with Crippen LogP contribution >= 0.6 is 0 Å². The van der Waals surface area contributed by atoms with E-state index >= 15 is 0 Å². The van der Waals surface area contributed by atoms with E-state index in [9.17, 15) is 9.90 Å². The molecule has 6 nitrogen and oxygen atoms in total. The van der Waals surface area contributed by atoms with Gasteiger partial charge in [0.05, 0.1) is 15.4 Å². The molecule has 154 valence electrons. The predicted molar refractivity (Wildman–Crippen MR) is 113 cm³/mol. The van der Waals surface area contributed by atoms with Crippen LogP contribution in [0.5, 0.6) is 0 Å². The summed E-state index contributed by atoms with van der Waals surface area (Å²) < 4.78 is 23.0. The van der Waals surface area contributed by atoms with Crippen molar-refractivity contribution in [1.29, 1.82) is 0 Å². The van der Waals surface area contributed by atoms with Gasteiger partial charge in [-0.3, -0.25) is 0 Å². The Morgan fingerprint density at radius 1 is 1.19 bits per heavy atom. The summed E-state index contributed by atoms with van der Waals surface area (Å²) in [7, 11) is -4.65.